The van der Waals surface area contributed by atoms with E-state index in [2.05, 4.69) is 18.3 Å². The molecule has 8 unspecified atom stereocenters. The second-order valence-corrected chi connectivity index (χ2v) is 8.04. The maximum atomic E-state index is 12.0. The molecule has 4 saturated carbocycles. The molecule has 0 saturated heterocycles. The van der Waals surface area contributed by atoms with Gasteiger partial charge in [0.25, 0.3) is 0 Å². The van der Waals surface area contributed by atoms with E-state index in [1.807, 2.05) is 0 Å². The molecule has 0 radical (unpaired) electrons. The van der Waals surface area contributed by atoms with E-state index in [0.29, 0.717) is 35.2 Å². The predicted molar refractivity (Wildman–Crippen MR) is 79.1 cm³/mol. The molecule has 0 aliphatic heterocycles. The highest BCUT2D eigenvalue weighted by Gasteiger charge is 2.70. The van der Waals surface area contributed by atoms with Crippen molar-refractivity contribution in [1.82, 2.24) is 0 Å². The Morgan fingerprint density at radius 1 is 1.29 bits per heavy atom. The molecule has 0 aromatic heterocycles. The van der Waals surface area contributed by atoms with Crippen LogP contribution in [0.2, 0.25) is 0 Å². The van der Waals surface area contributed by atoms with E-state index >= 15 is 0 Å². The van der Waals surface area contributed by atoms with Gasteiger partial charge in [-0.3, -0.25) is 0 Å². The number of carbonyl (C=O) groups is 1. The van der Waals surface area contributed by atoms with E-state index in [0.717, 1.165) is 18.8 Å². The number of hydrogen-bond donors (Lipinski definition) is 0. The van der Waals surface area contributed by atoms with Crippen LogP contribution < -0.4 is 0 Å². The first kappa shape index (κ1) is 13.4. The SMILES string of the molecule is [C-]#[N+]C1CC2CC1C1C3CC(C21)C(C)(OC(=O)C(=C)C)C3. The van der Waals surface area contributed by atoms with Crippen molar-refractivity contribution < 1.29 is 9.53 Å². The average molecular weight is 285 g/mol. The van der Waals surface area contributed by atoms with Crippen LogP contribution >= 0.6 is 0 Å². The number of carbonyl (C=O) groups excluding carboxylic acids is 1. The van der Waals surface area contributed by atoms with Crippen LogP contribution in [0.5, 0.6) is 0 Å². The fourth-order valence-corrected chi connectivity index (χ4v) is 6.43. The molecule has 0 amide bonds. The Balaban J connectivity index is 1.58. The number of nitrogens with zero attached hydrogens (tertiary/aromatic N) is 1. The Morgan fingerprint density at radius 2 is 2.05 bits per heavy atom. The molecule has 0 aromatic rings. The Bertz CT molecular complexity index is 562. The lowest BCUT2D eigenvalue weighted by Crippen LogP contribution is -2.47. The van der Waals surface area contributed by atoms with Gasteiger partial charge in [0.2, 0.25) is 6.04 Å². The molecule has 4 aliphatic carbocycles. The van der Waals surface area contributed by atoms with Gasteiger partial charge >= 0.3 is 5.97 Å². The third-order valence-corrected chi connectivity index (χ3v) is 6.95. The highest BCUT2D eigenvalue weighted by molar-refractivity contribution is 5.87. The molecule has 112 valence electrons. The summed E-state index contributed by atoms with van der Waals surface area (Å²) in [4.78, 5) is 15.8. The maximum absolute atomic E-state index is 12.0. The minimum Gasteiger partial charge on any atom is -0.456 e. The third kappa shape index (κ3) is 1.62. The van der Waals surface area contributed by atoms with Crippen molar-refractivity contribution in [3.63, 3.8) is 0 Å². The molecule has 0 aromatic carbocycles. The highest BCUT2D eigenvalue weighted by atomic mass is 16.6. The Kier molecular flexibility index (Phi) is 2.62. The molecule has 0 spiro atoms. The van der Waals surface area contributed by atoms with Gasteiger partial charge in [-0.2, -0.15) is 0 Å². The van der Waals surface area contributed by atoms with Crippen LogP contribution in [-0.2, 0) is 9.53 Å². The van der Waals surface area contributed by atoms with Crippen LogP contribution in [0, 0.1) is 42.1 Å². The first-order valence-electron chi connectivity index (χ1n) is 8.20. The number of ether oxygens (including phenoxy) is 1. The van der Waals surface area contributed by atoms with Gasteiger partial charge in [-0.05, 0) is 56.8 Å². The van der Waals surface area contributed by atoms with Crippen molar-refractivity contribution in [2.24, 2.45) is 35.5 Å². The molecule has 3 nitrogen and oxygen atoms in total. The summed E-state index contributed by atoms with van der Waals surface area (Å²) in [6.07, 6.45) is 4.53. The first-order chi connectivity index (χ1) is 9.94. The Morgan fingerprint density at radius 3 is 2.71 bits per heavy atom. The summed E-state index contributed by atoms with van der Waals surface area (Å²) in [5, 5.41) is 0. The lowest BCUT2D eigenvalue weighted by atomic mass is 9.65. The average Bonchev–Trinajstić information content (AvgIpc) is 3.12. The van der Waals surface area contributed by atoms with Gasteiger partial charge in [-0.1, -0.05) is 6.58 Å². The Hall–Kier alpha value is -1.30. The van der Waals surface area contributed by atoms with Gasteiger partial charge in [0.15, 0.2) is 0 Å². The summed E-state index contributed by atoms with van der Waals surface area (Å²) in [6.45, 7) is 15.0. The lowest BCUT2D eigenvalue weighted by Gasteiger charge is -2.44. The minimum atomic E-state index is -0.292. The fraction of sp³-hybridized carbons (Fsp3) is 0.778. The van der Waals surface area contributed by atoms with E-state index in [1.165, 1.54) is 12.8 Å². The van der Waals surface area contributed by atoms with Gasteiger partial charge in [-0.25, -0.2) is 11.4 Å². The molecule has 4 aliphatic rings. The number of hydrogen-bond acceptors (Lipinski definition) is 2. The molecule has 0 heterocycles. The number of esters is 1. The molecular weight excluding hydrogens is 262 g/mol. The van der Waals surface area contributed by atoms with Crippen LogP contribution in [0.1, 0.15) is 39.5 Å². The molecule has 0 N–H and O–H groups in total. The summed E-state index contributed by atoms with van der Waals surface area (Å²) in [7, 11) is 0. The standard InChI is InChI=1S/C18H23NO2/c1-9(2)17(20)21-18(3)8-11-6-13(18)16-10-5-12(15(11)16)14(7-10)19-4/h10-16H,1,5-8H2,2-3H3. The minimum absolute atomic E-state index is 0.233. The molecule has 8 atom stereocenters. The molecule has 21 heavy (non-hydrogen) atoms. The van der Waals surface area contributed by atoms with E-state index in [-0.39, 0.29) is 17.6 Å². The largest absolute Gasteiger partial charge is 0.456 e. The highest BCUT2D eigenvalue weighted by Crippen LogP contribution is 2.70. The van der Waals surface area contributed by atoms with Gasteiger partial charge in [-0.15, -0.1) is 0 Å². The monoisotopic (exact) mass is 285 g/mol. The maximum Gasteiger partial charge on any atom is 0.333 e. The number of fused-ring (bicyclic) bond motifs is 9. The van der Waals surface area contributed by atoms with Crippen LogP contribution in [-0.4, -0.2) is 17.6 Å². The molecule has 4 fully saturated rings. The van der Waals surface area contributed by atoms with Crippen LogP contribution in [0.4, 0.5) is 0 Å². The lowest BCUT2D eigenvalue weighted by molar-refractivity contribution is -0.163. The summed E-state index contributed by atoms with van der Waals surface area (Å²) >= 11 is 0. The van der Waals surface area contributed by atoms with Crippen molar-refractivity contribution in [1.29, 1.82) is 0 Å². The quantitative estimate of drug-likeness (QED) is 0.337. The van der Waals surface area contributed by atoms with Gasteiger partial charge in [0.05, 0.1) is 0 Å². The van der Waals surface area contributed by atoms with Crippen LogP contribution in [0.3, 0.4) is 0 Å². The van der Waals surface area contributed by atoms with Crippen molar-refractivity contribution in [2.45, 2.75) is 51.2 Å². The van der Waals surface area contributed by atoms with Crippen molar-refractivity contribution in [3.05, 3.63) is 23.6 Å². The van der Waals surface area contributed by atoms with E-state index in [9.17, 15) is 4.79 Å². The zero-order valence-corrected chi connectivity index (χ0v) is 12.8. The second kappa shape index (κ2) is 4.12. The predicted octanol–water partition coefficient (Wildman–Crippen LogP) is 3.46. The van der Waals surface area contributed by atoms with Gasteiger partial charge in [0, 0.05) is 23.8 Å². The number of rotatable bonds is 2. The fourth-order valence-electron chi connectivity index (χ4n) is 6.43. The first-order valence-corrected chi connectivity index (χ1v) is 8.20. The molecule has 4 bridgehead atoms. The van der Waals surface area contributed by atoms with E-state index < -0.39 is 0 Å². The van der Waals surface area contributed by atoms with Gasteiger partial charge in [0.1, 0.15) is 5.60 Å². The van der Waals surface area contributed by atoms with E-state index in [1.54, 1.807) is 6.92 Å². The van der Waals surface area contributed by atoms with Crippen LogP contribution in [0.25, 0.3) is 4.85 Å². The third-order valence-electron chi connectivity index (χ3n) is 6.95. The smallest absolute Gasteiger partial charge is 0.333 e. The molecule has 4 rings (SSSR count). The topological polar surface area (TPSA) is 30.7 Å². The summed E-state index contributed by atoms with van der Waals surface area (Å²) in [5.41, 5.74) is 0.205. The van der Waals surface area contributed by atoms with Crippen LogP contribution in [0.15, 0.2) is 12.2 Å². The summed E-state index contributed by atoms with van der Waals surface area (Å²) < 4.78 is 5.86. The summed E-state index contributed by atoms with van der Waals surface area (Å²) in [5.74, 6) is 3.73. The van der Waals surface area contributed by atoms with Crippen molar-refractivity contribution in [3.8, 4) is 0 Å². The van der Waals surface area contributed by atoms with Crippen molar-refractivity contribution >= 4 is 5.97 Å². The molecular formula is C18H23NO2. The normalized spacial score (nSPS) is 52.5. The zero-order chi connectivity index (χ0) is 14.9. The molecule has 3 heteroatoms. The zero-order valence-electron chi connectivity index (χ0n) is 12.8. The van der Waals surface area contributed by atoms with Crippen molar-refractivity contribution in [2.75, 3.05) is 0 Å². The van der Waals surface area contributed by atoms with E-state index in [4.69, 9.17) is 11.3 Å². The van der Waals surface area contributed by atoms with Gasteiger partial charge < -0.3 is 9.58 Å². The second-order valence-electron chi connectivity index (χ2n) is 8.04. The Labute approximate surface area is 126 Å². The summed E-state index contributed by atoms with van der Waals surface area (Å²) in [6, 6.07) is 0.278.